The summed E-state index contributed by atoms with van der Waals surface area (Å²) in [5.74, 6) is 0.242. The van der Waals surface area contributed by atoms with E-state index in [1.54, 1.807) is 13.3 Å². The van der Waals surface area contributed by atoms with E-state index in [9.17, 15) is 5.11 Å². The third kappa shape index (κ3) is 1.91. The highest BCUT2D eigenvalue weighted by Crippen LogP contribution is 2.31. The van der Waals surface area contributed by atoms with Gasteiger partial charge in [-0.15, -0.1) is 0 Å². The zero-order chi connectivity index (χ0) is 10.8. The van der Waals surface area contributed by atoms with Gasteiger partial charge in [-0.25, -0.2) is 0 Å². The number of ether oxygens (including phenoxy) is 1. The highest BCUT2D eigenvalue weighted by Gasteiger charge is 2.09. The molecule has 1 heterocycles. The number of hydrogen-bond acceptors (Lipinski definition) is 3. The van der Waals surface area contributed by atoms with Crippen LogP contribution in [0.25, 0.3) is 10.9 Å². The van der Waals surface area contributed by atoms with Crippen LogP contribution in [0.3, 0.4) is 0 Å². The molecule has 78 valence electrons. The summed E-state index contributed by atoms with van der Waals surface area (Å²) in [5.41, 5.74) is 1.68. The normalized spacial score (nSPS) is 10.8. The van der Waals surface area contributed by atoms with E-state index in [2.05, 4.69) is 27.6 Å². The molecule has 0 radical (unpaired) electrons. The van der Waals surface area contributed by atoms with Crippen molar-refractivity contribution in [1.29, 1.82) is 0 Å². The predicted octanol–water partition coefficient (Wildman–Crippen LogP) is 2.69. The monoisotopic (exact) mass is 315 g/mol. The summed E-state index contributed by atoms with van der Waals surface area (Å²) in [6.45, 7) is 0.526. The maximum Gasteiger partial charge on any atom is 0.155 e. The highest BCUT2D eigenvalue weighted by atomic mass is 127. The van der Waals surface area contributed by atoms with Gasteiger partial charge < -0.3 is 9.84 Å². The van der Waals surface area contributed by atoms with E-state index in [-0.39, 0.29) is 5.75 Å². The van der Waals surface area contributed by atoms with Crippen LogP contribution in [0, 0.1) is 3.57 Å². The second-order valence-electron chi connectivity index (χ2n) is 3.20. The Kier molecular flexibility index (Phi) is 3.06. The number of phenols is 1. The number of nitrogens with zero attached hydrogens (tertiary/aromatic N) is 1. The molecule has 0 saturated carbocycles. The van der Waals surface area contributed by atoms with Gasteiger partial charge in [-0.1, -0.05) is 6.07 Å². The lowest BCUT2D eigenvalue weighted by atomic mass is 10.1. The standard InChI is InChI=1S/C11H10INO2/c1-15-6-7-5-9(12)11(14)10-8(7)3-2-4-13-10/h2-5,14H,6H2,1H3. The molecule has 0 unspecified atom stereocenters. The number of fused-ring (bicyclic) bond motifs is 1. The van der Waals surface area contributed by atoms with Crippen molar-refractivity contribution in [1.82, 2.24) is 4.98 Å². The molecular weight excluding hydrogens is 305 g/mol. The van der Waals surface area contributed by atoms with E-state index in [0.717, 1.165) is 14.5 Å². The third-order valence-electron chi connectivity index (χ3n) is 2.20. The van der Waals surface area contributed by atoms with Crippen molar-refractivity contribution in [2.24, 2.45) is 0 Å². The fourth-order valence-corrected chi connectivity index (χ4v) is 2.17. The number of methoxy groups -OCH3 is 1. The van der Waals surface area contributed by atoms with Crippen molar-refractivity contribution in [3.05, 3.63) is 33.5 Å². The molecule has 0 aliphatic rings. The Bertz CT molecular complexity index is 499. The topological polar surface area (TPSA) is 42.4 Å². The molecule has 15 heavy (non-hydrogen) atoms. The summed E-state index contributed by atoms with van der Waals surface area (Å²) in [7, 11) is 1.65. The number of rotatable bonds is 2. The average molecular weight is 315 g/mol. The fraction of sp³-hybridized carbons (Fsp3) is 0.182. The van der Waals surface area contributed by atoms with Crippen LogP contribution in [0.5, 0.6) is 5.75 Å². The Morgan fingerprint density at radius 1 is 1.53 bits per heavy atom. The molecule has 0 bridgehead atoms. The first-order valence-corrected chi connectivity index (χ1v) is 5.56. The van der Waals surface area contributed by atoms with Crippen molar-refractivity contribution < 1.29 is 9.84 Å². The third-order valence-corrected chi connectivity index (χ3v) is 3.03. The van der Waals surface area contributed by atoms with E-state index in [4.69, 9.17) is 4.74 Å². The van der Waals surface area contributed by atoms with E-state index in [0.29, 0.717) is 12.1 Å². The van der Waals surface area contributed by atoms with E-state index in [1.807, 2.05) is 18.2 Å². The van der Waals surface area contributed by atoms with Gasteiger partial charge in [0.15, 0.2) is 5.75 Å². The molecule has 2 rings (SSSR count). The predicted molar refractivity (Wildman–Crippen MR) is 66.8 cm³/mol. The highest BCUT2D eigenvalue weighted by molar-refractivity contribution is 14.1. The van der Waals surface area contributed by atoms with Gasteiger partial charge in [0.1, 0.15) is 5.52 Å². The van der Waals surface area contributed by atoms with Crippen molar-refractivity contribution in [3.63, 3.8) is 0 Å². The molecule has 0 aliphatic carbocycles. The number of phenolic OH excluding ortho intramolecular Hbond substituents is 1. The quantitative estimate of drug-likeness (QED) is 0.867. The van der Waals surface area contributed by atoms with E-state index >= 15 is 0 Å². The average Bonchev–Trinajstić information content (AvgIpc) is 2.26. The second-order valence-corrected chi connectivity index (χ2v) is 4.36. The Morgan fingerprint density at radius 3 is 3.07 bits per heavy atom. The molecular formula is C11H10INO2. The van der Waals surface area contributed by atoms with Crippen LogP contribution in [-0.4, -0.2) is 17.2 Å². The maximum atomic E-state index is 9.84. The summed E-state index contributed by atoms with van der Waals surface area (Å²) in [5, 5.41) is 10.8. The molecule has 1 aromatic carbocycles. The minimum atomic E-state index is 0.242. The largest absolute Gasteiger partial charge is 0.505 e. The number of benzene rings is 1. The molecule has 0 spiro atoms. The first-order valence-electron chi connectivity index (χ1n) is 4.48. The molecule has 1 aromatic heterocycles. The van der Waals surface area contributed by atoms with Gasteiger partial charge in [-0.3, -0.25) is 4.98 Å². The van der Waals surface area contributed by atoms with Gasteiger partial charge in [0.05, 0.1) is 10.2 Å². The number of pyridine rings is 1. The lowest BCUT2D eigenvalue weighted by Gasteiger charge is -2.08. The van der Waals surface area contributed by atoms with E-state index < -0.39 is 0 Å². The second kappa shape index (κ2) is 4.32. The Labute approximate surface area is 101 Å². The molecule has 0 amide bonds. The lowest BCUT2D eigenvalue weighted by Crippen LogP contribution is -1.93. The van der Waals surface area contributed by atoms with E-state index in [1.165, 1.54) is 0 Å². The molecule has 0 fully saturated rings. The molecule has 1 N–H and O–H groups in total. The van der Waals surface area contributed by atoms with Gasteiger partial charge in [-0.2, -0.15) is 0 Å². The SMILES string of the molecule is COCc1cc(I)c(O)c2ncccc12. The zero-order valence-corrected chi connectivity index (χ0v) is 10.4. The summed E-state index contributed by atoms with van der Waals surface area (Å²) < 4.78 is 5.92. The molecule has 0 saturated heterocycles. The fourth-order valence-electron chi connectivity index (χ4n) is 1.54. The summed E-state index contributed by atoms with van der Waals surface area (Å²) in [6.07, 6.45) is 1.68. The summed E-state index contributed by atoms with van der Waals surface area (Å²) >= 11 is 2.09. The maximum absolute atomic E-state index is 9.84. The van der Waals surface area contributed by atoms with Crippen LogP contribution in [0.15, 0.2) is 24.4 Å². The number of aromatic nitrogens is 1. The minimum absolute atomic E-state index is 0.242. The lowest BCUT2D eigenvalue weighted by molar-refractivity contribution is 0.186. The van der Waals surface area contributed by atoms with Crippen LogP contribution in [-0.2, 0) is 11.3 Å². The van der Waals surface area contributed by atoms with Crippen molar-refractivity contribution >= 4 is 33.5 Å². The molecule has 0 atom stereocenters. The first-order chi connectivity index (χ1) is 7.24. The first kappa shape index (κ1) is 10.6. The van der Waals surface area contributed by atoms with Gasteiger partial charge in [-0.05, 0) is 40.3 Å². The Hall–Kier alpha value is -0.880. The van der Waals surface area contributed by atoms with Gasteiger partial charge in [0.25, 0.3) is 0 Å². The van der Waals surface area contributed by atoms with Gasteiger partial charge in [0, 0.05) is 18.7 Å². The van der Waals surface area contributed by atoms with Crippen LogP contribution in [0.2, 0.25) is 0 Å². The summed E-state index contributed by atoms with van der Waals surface area (Å²) in [6, 6.07) is 5.71. The molecule has 2 aromatic rings. The van der Waals surface area contributed by atoms with Crippen molar-refractivity contribution in [3.8, 4) is 5.75 Å². The van der Waals surface area contributed by atoms with Crippen LogP contribution < -0.4 is 0 Å². The van der Waals surface area contributed by atoms with Crippen LogP contribution >= 0.6 is 22.6 Å². The Balaban J connectivity index is 2.76. The van der Waals surface area contributed by atoms with Crippen molar-refractivity contribution in [2.75, 3.05) is 7.11 Å². The van der Waals surface area contributed by atoms with Crippen LogP contribution in [0.4, 0.5) is 0 Å². The number of halogens is 1. The molecule has 4 heteroatoms. The minimum Gasteiger partial charge on any atom is -0.505 e. The Morgan fingerprint density at radius 2 is 2.33 bits per heavy atom. The number of aromatic hydroxyl groups is 1. The van der Waals surface area contributed by atoms with Crippen molar-refractivity contribution in [2.45, 2.75) is 6.61 Å². The zero-order valence-electron chi connectivity index (χ0n) is 8.20. The van der Waals surface area contributed by atoms with Crippen LogP contribution in [0.1, 0.15) is 5.56 Å². The molecule has 0 aliphatic heterocycles. The number of hydrogen-bond donors (Lipinski definition) is 1. The van der Waals surface area contributed by atoms with Gasteiger partial charge >= 0.3 is 0 Å². The smallest absolute Gasteiger partial charge is 0.155 e. The summed E-state index contributed by atoms with van der Waals surface area (Å²) in [4.78, 5) is 4.17. The molecule has 3 nitrogen and oxygen atoms in total. The van der Waals surface area contributed by atoms with Gasteiger partial charge in [0.2, 0.25) is 0 Å².